The molecule has 16 heavy (non-hydrogen) atoms. The lowest BCUT2D eigenvalue weighted by Gasteiger charge is -2.25. The molecule has 2 heterocycles. The lowest BCUT2D eigenvalue weighted by atomic mass is 10.1. The Bertz CT molecular complexity index is 308. The maximum Gasteiger partial charge on any atom is 0.0941 e. The molecule has 1 aliphatic heterocycles. The first-order valence-electron chi connectivity index (χ1n) is 6.15. The largest absolute Gasteiger partial charge is 0.396 e. The highest BCUT2D eigenvalue weighted by Gasteiger charge is 2.10. The van der Waals surface area contributed by atoms with E-state index in [1.807, 2.05) is 0 Å². The predicted molar refractivity (Wildman–Crippen MR) is 66.9 cm³/mol. The molecular formula is C12H20N2OS. The Kier molecular flexibility index (Phi) is 4.75. The molecule has 90 valence electrons. The van der Waals surface area contributed by atoms with Crippen LogP contribution < -0.4 is 0 Å². The van der Waals surface area contributed by atoms with Gasteiger partial charge < -0.3 is 10.0 Å². The lowest BCUT2D eigenvalue weighted by molar-refractivity contribution is 0.231. The van der Waals surface area contributed by atoms with Gasteiger partial charge >= 0.3 is 0 Å². The summed E-state index contributed by atoms with van der Waals surface area (Å²) in [6.07, 6.45) is 5.87. The molecule has 0 amide bonds. The molecular weight excluding hydrogens is 220 g/mol. The smallest absolute Gasteiger partial charge is 0.0941 e. The van der Waals surface area contributed by atoms with E-state index in [9.17, 15) is 0 Å². The molecule has 1 aromatic heterocycles. The van der Waals surface area contributed by atoms with Crippen LogP contribution in [0.15, 0.2) is 5.38 Å². The normalized spacial score (nSPS) is 17.8. The topological polar surface area (TPSA) is 36.4 Å². The monoisotopic (exact) mass is 240 g/mol. The Hall–Kier alpha value is -0.450. The summed E-state index contributed by atoms with van der Waals surface area (Å²) in [6, 6.07) is 0. The zero-order valence-corrected chi connectivity index (χ0v) is 10.5. The third-order valence-electron chi connectivity index (χ3n) is 3.06. The van der Waals surface area contributed by atoms with Crippen LogP contribution in [0.3, 0.4) is 0 Å². The molecule has 0 spiro atoms. The van der Waals surface area contributed by atoms with Gasteiger partial charge in [-0.05, 0) is 25.9 Å². The maximum absolute atomic E-state index is 8.82. The second-order valence-corrected chi connectivity index (χ2v) is 5.30. The minimum Gasteiger partial charge on any atom is -0.396 e. The molecule has 0 aliphatic carbocycles. The van der Waals surface area contributed by atoms with Gasteiger partial charge in [0.05, 0.1) is 10.7 Å². The number of aromatic nitrogens is 1. The lowest BCUT2D eigenvalue weighted by Crippen LogP contribution is -2.31. The van der Waals surface area contributed by atoms with Gasteiger partial charge in [0.15, 0.2) is 0 Å². The molecule has 2 rings (SSSR count). The van der Waals surface area contributed by atoms with E-state index < -0.39 is 0 Å². The second kappa shape index (κ2) is 6.33. The molecule has 1 saturated heterocycles. The van der Waals surface area contributed by atoms with Crippen LogP contribution in [0.4, 0.5) is 0 Å². The van der Waals surface area contributed by atoms with Gasteiger partial charge in [0.2, 0.25) is 0 Å². The standard InChI is InChI=1S/C12H20N2OS/c15-9-5-11-10-16-12(13-11)4-8-14-6-2-1-3-7-14/h10,15H,1-9H2. The number of aliphatic hydroxyl groups excluding tert-OH is 1. The number of nitrogens with zero attached hydrogens (tertiary/aromatic N) is 2. The summed E-state index contributed by atoms with van der Waals surface area (Å²) in [4.78, 5) is 7.05. The fourth-order valence-corrected chi connectivity index (χ4v) is 2.95. The predicted octanol–water partition coefficient (Wildman–Crippen LogP) is 1.71. The fraction of sp³-hybridized carbons (Fsp3) is 0.750. The average molecular weight is 240 g/mol. The van der Waals surface area contributed by atoms with Crippen LogP contribution in [0.2, 0.25) is 0 Å². The van der Waals surface area contributed by atoms with Crippen molar-refractivity contribution in [2.75, 3.05) is 26.2 Å². The number of thiazole rings is 1. The minimum atomic E-state index is 0.204. The summed E-state index contributed by atoms with van der Waals surface area (Å²) in [5, 5.41) is 12.1. The first kappa shape index (κ1) is 12.0. The highest BCUT2D eigenvalue weighted by Crippen LogP contribution is 2.13. The van der Waals surface area contributed by atoms with Crippen molar-refractivity contribution in [3.05, 3.63) is 16.1 Å². The second-order valence-electron chi connectivity index (χ2n) is 4.36. The van der Waals surface area contributed by atoms with E-state index in [4.69, 9.17) is 5.11 Å². The van der Waals surface area contributed by atoms with Gasteiger partial charge in [0.25, 0.3) is 0 Å². The Balaban J connectivity index is 1.75. The van der Waals surface area contributed by atoms with Crippen molar-refractivity contribution in [1.29, 1.82) is 0 Å². The summed E-state index contributed by atoms with van der Waals surface area (Å²) in [6.45, 7) is 3.87. The van der Waals surface area contributed by atoms with Crippen LogP contribution in [0.25, 0.3) is 0 Å². The van der Waals surface area contributed by atoms with Crippen molar-refractivity contribution in [1.82, 2.24) is 9.88 Å². The highest BCUT2D eigenvalue weighted by atomic mass is 32.1. The third kappa shape index (κ3) is 3.54. The Morgan fingerprint density at radius 1 is 1.25 bits per heavy atom. The highest BCUT2D eigenvalue weighted by molar-refractivity contribution is 7.09. The third-order valence-corrected chi connectivity index (χ3v) is 4.02. The molecule has 3 nitrogen and oxygen atoms in total. The Morgan fingerprint density at radius 2 is 2.06 bits per heavy atom. The molecule has 0 aromatic carbocycles. The molecule has 4 heteroatoms. The Morgan fingerprint density at radius 3 is 2.81 bits per heavy atom. The summed E-state index contributed by atoms with van der Waals surface area (Å²) >= 11 is 1.73. The number of likely N-dealkylation sites (tertiary alicyclic amines) is 1. The minimum absolute atomic E-state index is 0.204. The van der Waals surface area contributed by atoms with E-state index in [1.54, 1.807) is 11.3 Å². The summed E-state index contributed by atoms with van der Waals surface area (Å²) in [7, 11) is 0. The summed E-state index contributed by atoms with van der Waals surface area (Å²) in [5.74, 6) is 0. The first-order valence-corrected chi connectivity index (χ1v) is 7.03. The van der Waals surface area contributed by atoms with E-state index >= 15 is 0 Å². The van der Waals surface area contributed by atoms with Gasteiger partial charge in [0.1, 0.15) is 0 Å². The van der Waals surface area contributed by atoms with Crippen molar-refractivity contribution >= 4 is 11.3 Å². The van der Waals surface area contributed by atoms with Crippen LogP contribution in [0.5, 0.6) is 0 Å². The van der Waals surface area contributed by atoms with E-state index in [0.717, 1.165) is 18.7 Å². The van der Waals surface area contributed by atoms with Gasteiger partial charge in [-0.25, -0.2) is 4.98 Å². The number of hydrogen-bond donors (Lipinski definition) is 1. The fourth-order valence-electron chi connectivity index (χ4n) is 2.13. The van der Waals surface area contributed by atoms with E-state index in [1.165, 1.54) is 37.4 Å². The average Bonchev–Trinajstić information content (AvgIpc) is 2.76. The number of rotatable bonds is 5. The molecule has 1 fully saturated rings. The number of piperidine rings is 1. The molecule has 0 saturated carbocycles. The van der Waals surface area contributed by atoms with Crippen molar-refractivity contribution < 1.29 is 5.11 Å². The van der Waals surface area contributed by atoms with E-state index in [-0.39, 0.29) is 6.61 Å². The summed E-state index contributed by atoms with van der Waals surface area (Å²) in [5.41, 5.74) is 1.04. The molecule has 1 aliphatic rings. The first-order chi connectivity index (χ1) is 7.88. The Labute approximate surface area is 101 Å². The van der Waals surface area contributed by atoms with Crippen LogP contribution >= 0.6 is 11.3 Å². The molecule has 1 aromatic rings. The van der Waals surface area contributed by atoms with Gasteiger partial charge in [-0.1, -0.05) is 6.42 Å². The van der Waals surface area contributed by atoms with Crippen LogP contribution in [-0.4, -0.2) is 41.2 Å². The molecule has 1 N–H and O–H groups in total. The molecule has 0 atom stereocenters. The zero-order valence-electron chi connectivity index (χ0n) is 9.69. The molecule has 0 unspecified atom stereocenters. The van der Waals surface area contributed by atoms with Crippen molar-refractivity contribution in [2.24, 2.45) is 0 Å². The van der Waals surface area contributed by atoms with Crippen LogP contribution in [0.1, 0.15) is 30.0 Å². The zero-order chi connectivity index (χ0) is 11.2. The van der Waals surface area contributed by atoms with E-state index in [0.29, 0.717) is 6.42 Å². The van der Waals surface area contributed by atoms with Gasteiger partial charge in [-0.3, -0.25) is 0 Å². The quantitative estimate of drug-likeness (QED) is 0.851. The van der Waals surface area contributed by atoms with Crippen LogP contribution in [-0.2, 0) is 12.8 Å². The van der Waals surface area contributed by atoms with Gasteiger partial charge in [-0.15, -0.1) is 11.3 Å². The molecule has 0 bridgehead atoms. The van der Waals surface area contributed by atoms with Gasteiger partial charge in [0, 0.05) is 31.4 Å². The maximum atomic E-state index is 8.82. The van der Waals surface area contributed by atoms with Crippen molar-refractivity contribution in [3.63, 3.8) is 0 Å². The van der Waals surface area contributed by atoms with Crippen molar-refractivity contribution in [3.8, 4) is 0 Å². The summed E-state index contributed by atoms with van der Waals surface area (Å²) < 4.78 is 0. The van der Waals surface area contributed by atoms with Crippen molar-refractivity contribution in [2.45, 2.75) is 32.1 Å². The van der Waals surface area contributed by atoms with Crippen LogP contribution in [0, 0.1) is 0 Å². The number of hydrogen-bond acceptors (Lipinski definition) is 4. The molecule has 0 radical (unpaired) electrons. The number of aliphatic hydroxyl groups is 1. The van der Waals surface area contributed by atoms with E-state index in [2.05, 4.69) is 15.3 Å². The van der Waals surface area contributed by atoms with Gasteiger partial charge in [-0.2, -0.15) is 0 Å². The SMILES string of the molecule is OCCc1csc(CCN2CCCCC2)n1.